The molecule has 0 heterocycles. The fourth-order valence-electron chi connectivity index (χ4n) is 1.36. The summed E-state index contributed by atoms with van der Waals surface area (Å²) in [4.78, 5) is 0. The van der Waals surface area contributed by atoms with Gasteiger partial charge in [-0.25, -0.2) is 8.78 Å². The minimum Gasteiger partial charge on any atom is -0.398 e. The number of allylic oxidation sites excluding steroid dienone is 2. The van der Waals surface area contributed by atoms with Crippen molar-refractivity contribution >= 4 is 5.69 Å². The van der Waals surface area contributed by atoms with Crippen molar-refractivity contribution in [2.45, 2.75) is 19.8 Å². The Kier molecular flexibility index (Phi) is 3.23. The van der Waals surface area contributed by atoms with Gasteiger partial charge in [-0.2, -0.15) is 0 Å². The van der Waals surface area contributed by atoms with E-state index in [4.69, 9.17) is 5.73 Å². The molecular weight excluding hydrogens is 184 g/mol. The van der Waals surface area contributed by atoms with Gasteiger partial charge in [0.1, 0.15) is 0 Å². The van der Waals surface area contributed by atoms with Crippen LogP contribution in [0.2, 0.25) is 0 Å². The van der Waals surface area contributed by atoms with Gasteiger partial charge in [0.2, 0.25) is 0 Å². The summed E-state index contributed by atoms with van der Waals surface area (Å²) in [5.41, 5.74) is 6.48. The van der Waals surface area contributed by atoms with Gasteiger partial charge in [-0.05, 0) is 18.6 Å². The van der Waals surface area contributed by atoms with Gasteiger partial charge in [-0.15, -0.1) is 0 Å². The molecule has 0 fully saturated rings. The number of hydrogen-bond acceptors (Lipinski definition) is 1. The van der Waals surface area contributed by atoms with Crippen LogP contribution in [-0.2, 0) is 0 Å². The Labute approximate surface area is 82.2 Å². The van der Waals surface area contributed by atoms with Gasteiger partial charge in [-0.3, -0.25) is 0 Å². The summed E-state index contributed by atoms with van der Waals surface area (Å²) in [6.07, 6.45) is 3.73. The Morgan fingerprint density at radius 1 is 1.29 bits per heavy atom. The smallest absolute Gasteiger partial charge is 0.160 e. The van der Waals surface area contributed by atoms with Crippen LogP contribution in [-0.4, -0.2) is 0 Å². The lowest BCUT2D eigenvalue weighted by Crippen LogP contribution is -2.00. The Bertz CT molecular complexity index is 359. The van der Waals surface area contributed by atoms with Gasteiger partial charge >= 0.3 is 0 Å². The molecule has 76 valence electrons. The van der Waals surface area contributed by atoms with Crippen molar-refractivity contribution in [3.63, 3.8) is 0 Å². The summed E-state index contributed by atoms with van der Waals surface area (Å²) in [6, 6.07) is 2.17. The molecule has 0 amide bonds. The molecule has 0 bridgehead atoms. The van der Waals surface area contributed by atoms with Gasteiger partial charge < -0.3 is 5.73 Å². The molecule has 0 spiro atoms. The van der Waals surface area contributed by atoms with Crippen LogP contribution in [0.25, 0.3) is 0 Å². The van der Waals surface area contributed by atoms with Gasteiger partial charge in [0.15, 0.2) is 11.6 Å². The number of halogens is 2. The third-order valence-corrected chi connectivity index (χ3v) is 2.10. The van der Waals surface area contributed by atoms with Crippen molar-refractivity contribution in [3.8, 4) is 0 Å². The molecule has 0 radical (unpaired) electrons. The largest absolute Gasteiger partial charge is 0.398 e. The first-order valence-corrected chi connectivity index (χ1v) is 4.43. The van der Waals surface area contributed by atoms with E-state index in [1.165, 1.54) is 0 Å². The van der Waals surface area contributed by atoms with E-state index in [0.717, 1.165) is 12.1 Å². The topological polar surface area (TPSA) is 26.0 Å². The predicted molar refractivity (Wildman–Crippen MR) is 54.0 cm³/mol. The molecule has 0 unspecified atom stereocenters. The highest BCUT2D eigenvalue weighted by atomic mass is 19.2. The number of nitrogens with two attached hydrogens (primary N) is 1. The third kappa shape index (κ3) is 2.10. The molecule has 0 aliphatic carbocycles. The summed E-state index contributed by atoms with van der Waals surface area (Å²) in [6.45, 7) is 3.75. The number of rotatable bonds is 2. The lowest BCUT2D eigenvalue weighted by molar-refractivity contribution is 0.507. The highest BCUT2D eigenvalue weighted by Crippen LogP contribution is 2.25. The minimum absolute atomic E-state index is 0.00454. The van der Waals surface area contributed by atoms with Crippen LogP contribution in [0.4, 0.5) is 14.5 Å². The van der Waals surface area contributed by atoms with Crippen molar-refractivity contribution < 1.29 is 8.78 Å². The van der Waals surface area contributed by atoms with Gasteiger partial charge in [0, 0.05) is 17.7 Å². The molecule has 1 atom stereocenters. The van der Waals surface area contributed by atoms with Crippen molar-refractivity contribution in [3.05, 3.63) is 41.5 Å². The van der Waals surface area contributed by atoms with E-state index in [1.807, 2.05) is 26.0 Å². The first-order valence-electron chi connectivity index (χ1n) is 4.43. The molecule has 1 nitrogen and oxygen atoms in total. The fourth-order valence-corrected chi connectivity index (χ4v) is 1.36. The summed E-state index contributed by atoms with van der Waals surface area (Å²) < 4.78 is 25.6. The number of anilines is 1. The highest BCUT2D eigenvalue weighted by molar-refractivity contribution is 5.50. The first-order chi connectivity index (χ1) is 6.56. The van der Waals surface area contributed by atoms with Gasteiger partial charge in [0.25, 0.3) is 0 Å². The second-order valence-electron chi connectivity index (χ2n) is 3.21. The molecule has 0 aromatic heterocycles. The lowest BCUT2D eigenvalue weighted by Gasteiger charge is -2.10. The molecule has 14 heavy (non-hydrogen) atoms. The molecule has 3 heteroatoms. The maximum absolute atomic E-state index is 12.9. The molecule has 1 rings (SSSR count). The zero-order valence-electron chi connectivity index (χ0n) is 8.22. The summed E-state index contributed by atoms with van der Waals surface area (Å²) >= 11 is 0. The lowest BCUT2D eigenvalue weighted by atomic mass is 9.98. The summed E-state index contributed by atoms with van der Waals surface area (Å²) in [5.74, 6) is -1.76. The quantitative estimate of drug-likeness (QED) is 0.571. The standard InChI is InChI=1S/C11H13F2N/c1-3-4-7(2)8-5-9(12)10(13)6-11(8)14/h3-7H,14H2,1-2H3/b4-3+/t7-/m0/s1. The van der Waals surface area contributed by atoms with Crippen LogP contribution < -0.4 is 5.73 Å². The molecule has 1 aromatic carbocycles. The van der Waals surface area contributed by atoms with Crippen LogP contribution in [0.3, 0.4) is 0 Å². The van der Waals surface area contributed by atoms with Crippen molar-refractivity contribution in [2.75, 3.05) is 5.73 Å². The van der Waals surface area contributed by atoms with Crippen molar-refractivity contribution in [1.82, 2.24) is 0 Å². The van der Waals surface area contributed by atoms with Gasteiger partial charge in [-0.1, -0.05) is 19.1 Å². The van der Waals surface area contributed by atoms with Gasteiger partial charge in [0.05, 0.1) is 0 Å². The normalized spacial score (nSPS) is 13.4. The van der Waals surface area contributed by atoms with Crippen LogP contribution in [0.15, 0.2) is 24.3 Å². The highest BCUT2D eigenvalue weighted by Gasteiger charge is 2.10. The van der Waals surface area contributed by atoms with E-state index >= 15 is 0 Å². The summed E-state index contributed by atoms with van der Waals surface area (Å²) in [5, 5.41) is 0. The Morgan fingerprint density at radius 2 is 1.86 bits per heavy atom. The average Bonchev–Trinajstić information content (AvgIpc) is 2.11. The average molecular weight is 197 g/mol. The van der Waals surface area contributed by atoms with Crippen LogP contribution in [0.1, 0.15) is 25.3 Å². The van der Waals surface area contributed by atoms with E-state index in [2.05, 4.69) is 0 Å². The molecule has 0 saturated heterocycles. The van der Waals surface area contributed by atoms with Crippen LogP contribution >= 0.6 is 0 Å². The monoisotopic (exact) mass is 197 g/mol. The van der Waals surface area contributed by atoms with E-state index in [9.17, 15) is 8.78 Å². The summed E-state index contributed by atoms with van der Waals surface area (Å²) in [7, 11) is 0. The molecule has 0 aliphatic heterocycles. The molecular formula is C11H13F2N. The second kappa shape index (κ2) is 4.22. The second-order valence-corrected chi connectivity index (χ2v) is 3.21. The van der Waals surface area contributed by atoms with E-state index < -0.39 is 11.6 Å². The predicted octanol–water partition coefficient (Wildman–Crippen LogP) is 3.23. The van der Waals surface area contributed by atoms with E-state index in [1.54, 1.807) is 0 Å². The zero-order valence-corrected chi connectivity index (χ0v) is 8.22. The fraction of sp³-hybridized carbons (Fsp3) is 0.273. The number of hydrogen-bond donors (Lipinski definition) is 1. The van der Waals surface area contributed by atoms with Crippen LogP contribution in [0, 0.1) is 11.6 Å². The number of benzene rings is 1. The maximum Gasteiger partial charge on any atom is 0.160 e. The minimum atomic E-state index is -0.904. The van der Waals surface area contributed by atoms with Crippen molar-refractivity contribution in [2.24, 2.45) is 0 Å². The van der Waals surface area contributed by atoms with Crippen LogP contribution in [0.5, 0.6) is 0 Å². The zero-order chi connectivity index (χ0) is 10.7. The number of nitrogen functional groups attached to an aromatic ring is 1. The Balaban J connectivity index is 3.15. The Morgan fingerprint density at radius 3 is 2.43 bits per heavy atom. The molecule has 0 saturated carbocycles. The van der Waals surface area contributed by atoms with E-state index in [-0.39, 0.29) is 11.6 Å². The maximum atomic E-state index is 12.9. The first kappa shape index (κ1) is 10.7. The molecule has 0 aliphatic rings. The Hall–Kier alpha value is -1.38. The molecule has 2 N–H and O–H groups in total. The molecule has 1 aromatic rings. The van der Waals surface area contributed by atoms with Crippen molar-refractivity contribution in [1.29, 1.82) is 0 Å². The van der Waals surface area contributed by atoms with E-state index in [0.29, 0.717) is 5.56 Å². The SMILES string of the molecule is C/C=C/[C@H](C)c1cc(F)c(F)cc1N. The third-order valence-electron chi connectivity index (χ3n) is 2.10.